The number of amides is 2. The van der Waals surface area contributed by atoms with E-state index < -0.39 is 11.4 Å². The Morgan fingerprint density at radius 2 is 1.76 bits per heavy atom. The summed E-state index contributed by atoms with van der Waals surface area (Å²) < 4.78 is 2.59. The molecule has 1 atom stereocenters. The SMILES string of the molecule is CNC(=O)C(C)(NO)C(=N)c1ccc(C(=O)NSC)cc1. The Morgan fingerprint density at radius 3 is 2.19 bits per heavy atom. The van der Waals surface area contributed by atoms with Gasteiger partial charge >= 0.3 is 0 Å². The van der Waals surface area contributed by atoms with Crippen LogP contribution < -0.4 is 15.5 Å². The van der Waals surface area contributed by atoms with Crippen molar-refractivity contribution in [2.75, 3.05) is 13.3 Å². The Labute approximate surface area is 127 Å². The van der Waals surface area contributed by atoms with Crippen molar-refractivity contribution >= 4 is 29.5 Å². The summed E-state index contributed by atoms with van der Waals surface area (Å²) in [7, 11) is 1.42. The smallest absolute Gasteiger partial charge is 0.261 e. The monoisotopic (exact) mass is 310 g/mol. The Kier molecular flexibility index (Phi) is 5.89. The second-order valence-electron chi connectivity index (χ2n) is 4.40. The maximum Gasteiger partial charge on any atom is 0.261 e. The van der Waals surface area contributed by atoms with E-state index in [0.29, 0.717) is 11.1 Å². The van der Waals surface area contributed by atoms with Crippen molar-refractivity contribution in [2.24, 2.45) is 0 Å². The van der Waals surface area contributed by atoms with Gasteiger partial charge in [-0.1, -0.05) is 24.1 Å². The average molecular weight is 310 g/mol. The Balaban J connectivity index is 3.03. The van der Waals surface area contributed by atoms with Crippen molar-refractivity contribution in [3.8, 4) is 0 Å². The molecule has 0 aliphatic heterocycles. The highest BCUT2D eigenvalue weighted by Gasteiger charge is 2.37. The maximum atomic E-state index is 11.8. The zero-order valence-corrected chi connectivity index (χ0v) is 12.8. The van der Waals surface area contributed by atoms with Crippen molar-refractivity contribution in [1.29, 1.82) is 5.41 Å². The fourth-order valence-electron chi connectivity index (χ4n) is 1.70. The lowest BCUT2D eigenvalue weighted by molar-refractivity contribution is -0.127. The van der Waals surface area contributed by atoms with E-state index in [4.69, 9.17) is 5.41 Å². The van der Waals surface area contributed by atoms with Crippen molar-refractivity contribution < 1.29 is 14.8 Å². The minimum atomic E-state index is -1.57. The molecule has 1 aromatic rings. The number of carbonyl (C=O) groups is 2. The lowest BCUT2D eigenvalue weighted by Gasteiger charge is -2.26. The van der Waals surface area contributed by atoms with Crippen LogP contribution in [0.4, 0.5) is 0 Å². The van der Waals surface area contributed by atoms with Gasteiger partial charge in [0.1, 0.15) is 0 Å². The minimum Gasteiger partial charge on any atom is -0.357 e. The predicted molar refractivity (Wildman–Crippen MR) is 81.6 cm³/mol. The highest BCUT2D eigenvalue weighted by Crippen LogP contribution is 2.15. The van der Waals surface area contributed by atoms with Crippen LogP contribution in [-0.2, 0) is 4.79 Å². The van der Waals surface area contributed by atoms with Crippen LogP contribution in [0.15, 0.2) is 24.3 Å². The number of carbonyl (C=O) groups excluding carboxylic acids is 2. The summed E-state index contributed by atoms with van der Waals surface area (Å²) in [4.78, 5) is 23.4. The summed E-state index contributed by atoms with van der Waals surface area (Å²) in [6.45, 7) is 1.39. The molecule has 0 heterocycles. The maximum absolute atomic E-state index is 11.8. The van der Waals surface area contributed by atoms with Crippen LogP contribution >= 0.6 is 11.9 Å². The van der Waals surface area contributed by atoms with E-state index in [1.165, 1.54) is 25.9 Å². The number of rotatable bonds is 6. The largest absolute Gasteiger partial charge is 0.357 e. The molecule has 21 heavy (non-hydrogen) atoms. The normalized spacial score (nSPS) is 13.1. The van der Waals surface area contributed by atoms with Gasteiger partial charge in [0.05, 0.1) is 5.71 Å². The van der Waals surface area contributed by atoms with Gasteiger partial charge in [-0.3, -0.25) is 14.3 Å². The average Bonchev–Trinajstić information content (AvgIpc) is 2.52. The van der Waals surface area contributed by atoms with E-state index in [0.717, 1.165) is 0 Å². The second-order valence-corrected chi connectivity index (χ2v) is 5.02. The molecule has 0 aliphatic carbocycles. The van der Waals surface area contributed by atoms with Gasteiger partial charge in [-0.15, -0.1) is 0 Å². The van der Waals surface area contributed by atoms with Gasteiger partial charge in [0.2, 0.25) is 5.91 Å². The first-order valence-corrected chi connectivity index (χ1v) is 7.29. The highest BCUT2D eigenvalue weighted by molar-refractivity contribution is 7.97. The van der Waals surface area contributed by atoms with Gasteiger partial charge in [-0.2, -0.15) is 5.48 Å². The highest BCUT2D eigenvalue weighted by atomic mass is 32.2. The first-order valence-electron chi connectivity index (χ1n) is 6.07. The number of likely N-dealkylation sites (N-methyl/N-ethyl adjacent to an activating group) is 1. The molecule has 8 heteroatoms. The fourth-order valence-corrected chi connectivity index (χ4v) is 2.00. The third-order valence-corrected chi connectivity index (χ3v) is 3.42. The van der Waals surface area contributed by atoms with E-state index >= 15 is 0 Å². The van der Waals surface area contributed by atoms with Gasteiger partial charge in [0.25, 0.3) is 5.91 Å². The first kappa shape index (κ1) is 17.2. The molecule has 5 N–H and O–H groups in total. The Bertz CT molecular complexity index is 547. The van der Waals surface area contributed by atoms with E-state index in [-0.39, 0.29) is 11.6 Å². The molecular formula is C13H18N4O3S. The topological polar surface area (TPSA) is 114 Å². The van der Waals surface area contributed by atoms with E-state index in [1.807, 2.05) is 5.48 Å². The lowest BCUT2D eigenvalue weighted by Crippen LogP contribution is -2.58. The van der Waals surface area contributed by atoms with Crippen LogP contribution in [0.25, 0.3) is 0 Å². The van der Waals surface area contributed by atoms with E-state index in [9.17, 15) is 14.8 Å². The molecule has 0 saturated heterocycles. The minimum absolute atomic E-state index is 0.110. The molecule has 0 aromatic heterocycles. The van der Waals surface area contributed by atoms with Crippen LogP contribution in [0.3, 0.4) is 0 Å². The molecular weight excluding hydrogens is 292 g/mol. The van der Waals surface area contributed by atoms with Gasteiger partial charge in [0.15, 0.2) is 5.54 Å². The number of hydrogen-bond donors (Lipinski definition) is 5. The molecule has 114 valence electrons. The molecule has 0 aliphatic rings. The molecule has 1 aromatic carbocycles. The van der Waals surface area contributed by atoms with Gasteiger partial charge < -0.3 is 15.9 Å². The summed E-state index contributed by atoms with van der Waals surface area (Å²) in [6, 6.07) is 6.21. The second kappa shape index (κ2) is 7.21. The number of hydroxylamine groups is 1. The lowest BCUT2D eigenvalue weighted by atomic mass is 9.89. The molecule has 0 bridgehead atoms. The zero-order valence-electron chi connectivity index (χ0n) is 12.0. The standard InChI is InChI=1S/C13H18N4O3S/c1-13(17-20,12(19)15-2)10(14)8-4-6-9(7-5-8)11(18)16-21-3/h4-7,14,17,20H,1-3H3,(H,15,19)(H,16,18). The molecule has 0 spiro atoms. The Morgan fingerprint density at radius 1 is 1.24 bits per heavy atom. The third kappa shape index (κ3) is 3.60. The van der Waals surface area contributed by atoms with Crippen molar-refractivity contribution in [2.45, 2.75) is 12.5 Å². The van der Waals surface area contributed by atoms with Crippen LogP contribution in [-0.4, -0.2) is 41.6 Å². The van der Waals surface area contributed by atoms with Crippen LogP contribution in [0.2, 0.25) is 0 Å². The van der Waals surface area contributed by atoms with E-state index in [2.05, 4.69) is 10.0 Å². The molecule has 0 radical (unpaired) electrons. The predicted octanol–water partition coefficient (Wildman–Crippen LogP) is 0.546. The summed E-state index contributed by atoms with van der Waals surface area (Å²) in [5, 5.41) is 19.7. The fraction of sp³-hybridized carbons (Fsp3) is 0.308. The number of hydrogen-bond acceptors (Lipinski definition) is 6. The van der Waals surface area contributed by atoms with Gasteiger partial charge in [0, 0.05) is 18.9 Å². The molecule has 2 amide bonds. The first-order chi connectivity index (χ1) is 9.90. The van der Waals surface area contributed by atoms with Crippen LogP contribution in [0, 0.1) is 5.41 Å². The molecule has 7 nitrogen and oxygen atoms in total. The molecule has 0 saturated carbocycles. The third-order valence-electron chi connectivity index (χ3n) is 3.04. The summed E-state index contributed by atoms with van der Waals surface area (Å²) >= 11 is 1.19. The number of nitrogens with one attached hydrogen (secondary N) is 4. The molecule has 0 fully saturated rings. The molecule has 1 unspecified atom stereocenters. The zero-order chi connectivity index (χ0) is 16.0. The van der Waals surface area contributed by atoms with Crippen molar-refractivity contribution in [3.63, 3.8) is 0 Å². The quantitative estimate of drug-likeness (QED) is 0.299. The van der Waals surface area contributed by atoms with Crippen LogP contribution in [0.5, 0.6) is 0 Å². The Hall–Kier alpha value is -1.90. The number of benzene rings is 1. The van der Waals surface area contributed by atoms with Gasteiger partial charge in [-0.05, 0) is 24.6 Å². The summed E-state index contributed by atoms with van der Waals surface area (Å²) in [6.07, 6.45) is 1.74. The van der Waals surface area contributed by atoms with Crippen LogP contribution in [0.1, 0.15) is 22.8 Å². The van der Waals surface area contributed by atoms with Crippen molar-refractivity contribution in [1.82, 2.24) is 15.5 Å². The summed E-state index contributed by atoms with van der Waals surface area (Å²) in [5.41, 5.74) is 1.05. The van der Waals surface area contributed by atoms with Crippen molar-refractivity contribution in [3.05, 3.63) is 35.4 Å². The molecule has 1 rings (SSSR count). The van der Waals surface area contributed by atoms with Gasteiger partial charge in [-0.25, -0.2) is 0 Å². The van der Waals surface area contributed by atoms with E-state index in [1.54, 1.807) is 30.5 Å². The summed E-state index contributed by atoms with van der Waals surface area (Å²) in [5.74, 6) is -0.783.